The Morgan fingerprint density at radius 3 is 2.73 bits per heavy atom. The molecule has 2 aromatic carbocycles. The SMILES string of the molecule is CCN(Cc1nccn1Cc1ccccc1C)C(=O)c1cccc(F)c1. The van der Waals surface area contributed by atoms with Gasteiger partial charge in [0.2, 0.25) is 0 Å². The highest BCUT2D eigenvalue weighted by molar-refractivity contribution is 5.94. The van der Waals surface area contributed by atoms with Gasteiger partial charge in [0.25, 0.3) is 5.91 Å². The fourth-order valence-electron chi connectivity index (χ4n) is 2.91. The summed E-state index contributed by atoms with van der Waals surface area (Å²) in [7, 11) is 0. The minimum atomic E-state index is -0.409. The van der Waals surface area contributed by atoms with Crippen molar-refractivity contribution in [3.05, 3.63) is 89.3 Å². The molecule has 3 rings (SSSR count). The molecule has 0 saturated heterocycles. The molecule has 134 valence electrons. The van der Waals surface area contributed by atoms with Gasteiger partial charge >= 0.3 is 0 Å². The smallest absolute Gasteiger partial charge is 0.254 e. The summed E-state index contributed by atoms with van der Waals surface area (Å²) < 4.78 is 15.5. The Morgan fingerprint density at radius 1 is 1.19 bits per heavy atom. The van der Waals surface area contributed by atoms with Gasteiger partial charge in [-0.2, -0.15) is 0 Å². The van der Waals surface area contributed by atoms with E-state index in [9.17, 15) is 9.18 Å². The number of benzene rings is 2. The van der Waals surface area contributed by atoms with Gasteiger partial charge < -0.3 is 9.47 Å². The molecule has 0 atom stereocenters. The quantitative estimate of drug-likeness (QED) is 0.672. The summed E-state index contributed by atoms with van der Waals surface area (Å²) in [6, 6.07) is 14.0. The lowest BCUT2D eigenvalue weighted by molar-refractivity contribution is 0.0746. The molecule has 0 fully saturated rings. The molecular formula is C21H22FN3O. The first-order valence-corrected chi connectivity index (χ1v) is 8.68. The topological polar surface area (TPSA) is 38.1 Å². The highest BCUT2D eigenvalue weighted by Crippen LogP contribution is 2.14. The van der Waals surface area contributed by atoms with Crippen LogP contribution < -0.4 is 0 Å². The standard InChI is InChI=1S/C21H22FN3O/c1-3-24(21(26)17-9-6-10-19(22)13-17)15-20-23-11-12-25(20)14-18-8-5-4-7-16(18)2/h4-13H,3,14-15H2,1-2H3. The van der Waals surface area contributed by atoms with Gasteiger partial charge in [0.1, 0.15) is 11.6 Å². The summed E-state index contributed by atoms with van der Waals surface area (Å²) >= 11 is 0. The van der Waals surface area contributed by atoms with Crippen LogP contribution in [0.5, 0.6) is 0 Å². The van der Waals surface area contributed by atoms with E-state index in [0.717, 1.165) is 5.82 Å². The molecule has 0 unspecified atom stereocenters. The number of hydrogen-bond donors (Lipinski definition) is 0. The van der Waals surface area contributed by atoms with Crippen molar-refractivity contribution in [1.82, 2.24) is 14.5 Å². The van der Waals surface area contributed by atoms with Crippen LogP contribution in [-0.2, 0) is 13.1 Å². The van der Waals surface area contributed by atoms with Gasteiger partial charge in [0.15, 0.2) is 0 Å². The molecule has 0 aliphatic heterocycles. The maximum absolute atomic E-state index is 13.4. The Hall–Kier alpha value is -2.95. The number of imidazole rings is 1. The largest absolute Gasteiger partial charge is 0.331 e. The minimum absolute atomic E-state index is 0.197. The van der Waals surface area contributed by atoms with Gasteiger partial charge in [-0.05, 0) is 43.2 Å². The molecule has 0 spiro atoms. The minimum Gasteiger partial charge on any atom is -0.331 e. The highest BCUT2D eigenvalue weighted by atomic mass is 19.1. The van der Waals surface area contributed by atoms with E-state index in [1.54, 1.807) is 23.2 Å². The van der Waals surface area contributed by atoms with Crippen molar-refractivity contribution in [2.24, 2.45) is 0 Å². The van der Waals surface area contributed by atoms with Gasteiger partial charge in [-0.15, -0.1) is 0 Å². The summed E-state index contributed by atoms with van der Waals surface area (Å²) in [5.74, 6) is 0.199. The molecule has 0 saturated carbocycles. The molecule has 0 radical (unpaired) electrons. The molecule has 0 bridgehead atoms. The van der Waals surface area contributed by atoms with Gasteiger partial charge in [0.05, 0.1) is 6.54 Å². The molecular weight excluding hydrogens is 329 g/mol. The van der Waals surface area contributed by atoms with E-state index in [1.807, 2.05) is 29.8 Å². The molecule has 0 aliphatic carbocycles. The third kappa shape index (κ3) is 3.99. The van der Waals surface area contributed by atoms with Crippen molar-refractivity contribution in [3.8, 4) is 0 Å². The van der Waals surface area contributed by atoms with Crippen LogP contribution in [0.2, 0.25) is 0 Å². The monoisotopic (exact) mass is 351 g/mol. The van der Waals surface area contributed by atoms with Gasteiger partial charge in [0, 0.05) is 31.0 Å². The number of carbonyl (C=O) groups is 1. The van der Waals surface area contributed by atoms with Gasteiger partial charge in [-0.1, -0.05) is 30.3 Å². The summed E-state index contributed by atoms with van der Waals surface area (Å²) in [5.41, 5.74) is 2.78. The predicted molar refractivity (Wildman–Crippen MR) is 99.3 cm³/mol. The van der Waals surface area contributed by atoms with E-state index in [0.29, 0.717) is 25.2 Å². The fourth-order valence-corrected chi connectivity index (χ4v) is 2.91. The van der Waals surface area contributed by atoms with Crippen molar-refractivity contribution in [2.75, 3.05) is 6.54 Å². The Morgan fingerprint density at radius 2 is 2.00 bits per heavy atom. The van der Waals surface area contributed by atoms with E-state index in [4.69, 9.17) is 0 Å². The molecule has 1 aromatic heterocycles. The van der Waals surface area contributed by atoms with E-state index in [2.05, 4.69) is 24.0 Å². The second-order valence-corrected chi connectivity index (χ2v) is 6.23. The lowest BCUT2D eigenvalue weighted by Gasteiger charge is -2.21. The molecule has 0 N–H and O–H groups in total. The molecule has 1 amide bonds. The highest BCUT2D eigenvalue weighted by Gasteiger charge is 2.17. The maximum atomic E-state index is 13.4. The third-order valence-electron chi connectivity index (χ3n) is 4.48. The zero-order valence-corrected chi connectivity index (χ0v) is 15.0. The van der Waals surface area contributed by atoms with Crippen molar-refractivity contribution >= 4 is 5.91 Å². The van der Waals surface area contributed by atoms with Gasteiger partial charge in [-0.3, -0.25) is 4.79 Å². The number of carbonyl (C=O) groups excluding carboxylic acids is 1. The number of halogens is 1. The van der Waals surface area contributed by atoms with Crippen molar-refractivity contribution < 1.29 is 9.18 Å². The van der Waals surface area contributed by atoms with Crippen molar-refractivity contribution in [1.29, 1.82) is 0 Å². The Labute approximate surface area is 152 Å². The van der Waals surface area contributed by atoms with E-state index in [-0.39, 0.29) is 5.91 Å². The number of nitrogens with zero attached hydrogens (tertiary/aromatic N) is 3. The third-order valence-corrected chi connectivity index (χ3v) is 4.48. The van der Waals surface area contributed by atoms with E-state index >= 15 is 0 Å². The molecule has 0 aliphatic rings. The molecule has 1 heterocycles. The lowest BCUT2D eigenvalue weighted by atomic mass is 10.1. The fraction of sp³-hybridized carbons (Fsp3) is 0.238. The summed E-state index contributed by atoms with van der Waals surface area (Å²) in [5, 5.41) is 0. The zero-order chi connectivity index (χ0) is 18.5. The molecule has 5 heteroatoms. The predicted octanol–water partition coefficient (Wildman–Crippen LogP) is 4.04. The van der Waals surface area contributed by atoms with Crippen molar-refractivity contribution in [2.45, 2.75) is 26.9 Å². The van der Waals surface area contributed by atoms with E-state index in [1.165, 1.54) is 23.3 Å². The number of amides is 1. The van der Waals surface area contributed by atoms with E-state index < -0.39 is 5.82 Å². The van der Waals surface area contributed by atoms with Gasteiger partial charge in [-0.25, -0.2) is 9.37 Å². The van der Waals surface area contributed by atoms with Crippen LogP contribution in [0, 0.1) is 12.7 Å². The number of rotatable bonds is 6. The summed E-state index contributed by atoms with van der Waals surface area (Å²) in [6.07, 6.45) is 3.66. The van der Waals surface area contributed by atoms with Crippen LogP contribution in [0.3, 0.4) is 0 Å². The summed E-state index contributed by atoms with van der Waals surface area (Å²) in [6.45, 7) is 5.59. The normalized spacial score (nSPS) is 10.7. The first-order valence-electron chi connectivity index (χ1n) is 8.68. The van der Waals surface area contributed by atoms with Crippen LogP contribution in [-0.4, -0.2) is 26.9 Å². The molecule has 4 nitrogen and oxygen atoms in total. The van der Waals surface area contributed by atoms with Crippen LogP contribution in [0.25, 0.3) is 0 Å². The number of aryl methyl sites for hydroxylation is 1. The van der Waals surface area contributed by atoms with Crippen LogP contribution >= 0.6 is 0 Å². The Kier molecular flexibility index (Phi) is 5.46. The number of hydrogen-bond acceptors (Lipinski definition) is 2. The average molecular weight is 351 g/mol. The van der Waals surface area contributed by atoms with Crippen LogP contribution in [0.1, 0.15) is 34.2 Å². The lowest BCUT2D eigenvalue weighted by Crippen LogP contribution is -2.31. The second-order valence-electron chi connectivity index (χ2n) is 6.23. The first kappa shape index (κ1) is 17.9. The zero-order valence-electron chi connectivity index (χ0n) is 15.0. The first-order chi connectivity index (χ1) is 12.6. The van der Waals surface area contributed by atoms with Crippen molar-refractivity contribution in [3.63, 3.8) is 0 Å². The Balaban J connectivity index is 1.78. The number of aromatic nitrogens is 2. The molecule has 26 heavy (non-hydrogen) atoms. The Bertz CT molecular complexity index is 904. The molecule has 3 aromatic rings. The van der Waals surface area contributed by atoms with Crippen LogP contribution in [0.4, 0.5) is 4.39 Å². The maximum Gasteiger partial charge on any atom is 0.254 e. The van der Waals surface area contributed by atoms with Crippen LogP contribution in [0.15, 0.2) is 60.9 Å². The summed E-state index contributed by atoms with van der Waals surface area (Å²) in [4.78, 5) is 18.8. The second kappa shape index (κ2) is 7.95. The average Bonchev–Trinajstić information content (AvgIpc) is 3.08.